The Morgan fingerprint density at radius 2 is 1.75 bits per heavy atom. The first-order valence-electron chi connectivity index (χ1n) is 10.7. The summed E-state index contributed by atoms with van der Waals surface area (Å²) in [5, 5.41) is 16.9. The average molecular weight is 557 g/mol. The van der Waals surface area contributed by atoms with Gasteiger partial charge in [0, 0.05) is 13.1 Å². The summed E-state index contributed by atoms with van der Waals surface area (Å²) in [5.41, 5.74) is 1.81. The summed E-state index contributed by atoms with van der Waals surface area (Å²) in [5.74, 6) is 2.83. The number of nitrogens with zero attached hydrogens (tertiary/aromatic N) is 1. The van der Waals surface area contributed by atoms with Gasteiger partial charge in [-0.1, -0.05) is 18.2 Å². The van der Waals surface area contributed by atoms with E-state index in [0.29, 0.717) is 31.4 Å². The van der Waals surface area contributed by atoms with E-state index >= 15 is 0 Å². The first-order chi connectivity index (χ1) is 15.0. The standard InChI is InChI=1S/C24H35N3O4.HI/c1-6-25-24(26-15-18-8-13-22(30-7-2)23(14-18)29-5)27-16-21(28)19-9-11-20(12-10-19)31-17(3)4;/h8-14,17,21,28H,6-7,15-16H2,1-5H3,(H2,25,26,27);1H. The van der Waals surface area contributed by atoms with Crippen molar-refractivity contribution >= 4 is 29.9 Å². The number of aliphatic hydroxyl groups excluding tert-OH is 1. The van der Waals surface area contributed by atoms with Gasteiger partial charge in [0.15, 0.2) is 17.5 Å². The molecule has 7 nitrogen and oxygen atoms in total. The predicted octanol–water partition coefficient (Wildman–Crippen LogP) is 4.29. The molecule has 0 fully saturated rings. The fourth-order valence-corrected chi connectivity index (χ4v) is 2.95. The second-order valence-electron chi connectivity index (χ2n) is 7.25. The predicted molar refractivity (Wildman–Crippen MR) is 140 cm³/mol. The summed E-state index contributed by atoms with van der Waals surface area (Å²) in [6.45, 7) is 10.0. The van der Waals surface area contributed by atoms with Crippen LogP contribution in [-0.2, 0) is 6.54 Å². The molecule has 0 saturated heterocycles. The molecule has 3 N–H and O–H groups in total. The number of guanidine groups is 1. The van der Waals surface area contributed by atoms with Gasteiger partial charge in [-0.3, -0.25) is 0 Å². The number of hydrogen-bond acceptors (Lipinski definition) is 5. The summed E-state index contributed by atoms with van der Waals surface area (Å²) in [6, 6.07) is 13.3. The van der Waals surface area contributed by atoms with E-state index in [2.05, 4.69) is 15.6 Å². The summed E-state index contributed by atoms with van der Waals surface area (Å²) in [7, 11) is 1.62. The van der Waals surface area contributed by atoms with Crippen molar-refractivity contribution in [2.24, 2.45) is 4.99 Å². The molecule has 0 amide bonds. The Morgan fingerprint density at radius 3 is 2.34 bits per heavy atom. The Hall–Kier alpha value is -2.20. The molecule has 0 radical (unpaired) electrons. The van der Waals surface area contributed by atoms with Gasteiger partial charge >= 0.3 is 0 Å². The second kappa shape index (κ2) is 14.8. The van der Waals surface area contributed by atoms with Crippen molar-refractivity contribution in [3.63, 3.8) is 0 Å². The molecule has 0 spiro atoms. The SMILES string of the molecule is CCNC(=NCc1ccc(OCC)c(OC)c1)NCC(O)c1ccc(OC(C)C)cc1.I. The molecule has 0 heterocycles. The third-order valence-electron chi connectivity index (χ3n) is 4.39. The van der Waals surface area contributed by atoms with Crippen LogP contribution in [0.2, 0.25) is 0 Å². The van der Waals surface area contributed by atoms with E-state index in [4.69, 9.17) is 14.2 Å². The Morgan fingerprint density at radius 1 is 1.03 bits per heavy atom. The van der Waals surface area contributed by atoms with E-state index < -0.39 is 6.10 Å². The van der Waals surface area contributed by atoms with E-state index in [1.165, 1.54) is 0 Å². The molecule has 0 bridgehead atoms. The van der Waals surface area contributed by atoms with Crippen LogP contribution in [0.25, 0.3) is 0 Å². The molecule has 2 aromatic rings. The number of halogens is 1. The molecule has 0 aliphatic heterocycles. The van der Waals surface area contributed by atoms with Crippen LogP contribution >= 0.6 is 24.0 Å². The first kappa shape index (κ1) is 27.8. The van der Waals surface area contributed by atoms with Crippen LogP contribution in [0.4, 0.5) is 0 Å². The summed E-state index contributed by atoms with van der Waals surface area (Å²) in [6.07, 6.45) is -0.547. The Labute approximate surface area is 208 Å². The molecular formula is C24H36IN3O4. The molecule has 1 unspecified atom stereocenters. The van der Waals surface area contributed by atoms with Crippen LogP contribution in [0.5, 0.6) is 17.2 Å². The maximum Gasteiger partial charge on any atom is 0.191 e. The van der Waals surface area contributed by atoms with Gasteiger partial charge in [0.25, 0.3) is 0 Å². The highest BCUT2D eigenvalue weighted by molar-refractivity contribution is 14.0. The first-order valence-corrected chi connectivity index (χ1v) is 10.7. The van der Waals surface area contributed by atoms with Crippen molar-refractivity contribution in [3.05, 3.63) is 53.6 Å². The van der Waals surface area contributed by atoms with E-state index in [0.717, 1.165) is 29.2 Å². The monoisotopic (exact) mass is 557 g/mol. The quantitative estimate of drug-likeness (QED) is 0.217. The fourth-order valence-electron chi connectivity index (χ4n) is 2.95. The van der Waals surface area contributed by atoms with Crippen LogP contribution in [0, 0.1) is 0 Å². The number of methoxy groups -OCH3 is 1. The van der Waals surface area contributed by atoms with Gasteiger partial charge in [-0.25, -0.2) is 4.99 Å². The highest BCUT2D eigenvalue weighted by Gasteiger charge is 2.10. The van der Waals surface area contributed by atoms with E-state index in [-0.39, 0.29) is 30.1 Å². The molecular weight excluding hydrogens is 521 g/mol. The fraction of sp³-hybridized carbons (Fsp3) is 0.458. The van der Waals surface area contributed by atoms with Crippen molar-refractivity contribution in [2.75, 3.05) is 26.8 Å². The largest absolute Gasteiger partial charge is 0.493 e. The number of hydrogen-bond donors (Lipinski definition) is 3. The Kier molecular flexibility index (Phi) is 12.9. The average Bonchev–Trinajstić information content (AvgIpc) is 2.76. The van der Waals surface area contributed by atoms with E-state index in [1.807, 2.05) is 70.2 Å². The van der Waals surface area contributed by atoms with E-state index in [9.17, 15) is 5.11 Å². The van der Waals surface area contributed by atoms with Crippen molar-refractivity contribution in [2.45, 2.75) is 46.4 Å². The molecule has 0 saturated carbocycles. The van der Waals surface area contributed by atoms with Crippen molar-refractivity contribution in [1.82, 2.24) is 10.6 Å². The highest BCUT2D eigenvalue weighted by Crippen LogP contribution is 2.28. The normalized spacial score (nSPS) is 12.0. The summed E-state index contributed by atoms with van der Waals surface area (Å²) < 4.78 is 16.6. The maximum absolute atomic E-state index is 10.5. The van der Waals surface area contributed by atoms with Gasteiger partial charge in [0.2, 0.25) is 0 Å². The second-order valence-corrected chi connectivity index (χ2v) is 7.25. The number of benzene rings is 2. The van der Waals surface area contributed by atoms with Crippen molar-refractivity contribution in [3.8, 4) is 17.2 Å². The third kappa shape index (κ3) is 9.12. The van der Waals surface area contributed by atoms with Gasteiger partial charge in [-0.2, -0.15) is 0 Å². The number of ether oxygens (including phenoxy) is 3. The van der Waals surface area contributed by atoms with Gasteiger partial charge in [0.1, 0.15) is 5.75 Å². The van der Waals surface area contributed by atoms with Crippen LogP contribution in [0.3, 0.4) is 0 Å². The molecule has 32 heavy (non-hydrogen) atoms. The molecule has 2 aromatic carbocycles. The van der Waals surface area contributed by atoms with Gasteiger partial charge in [-0.15, -0.1) is 24.0 Å². The van der Waals surface area contributed by atoms with Gasteiger partial charge in [0.05, 0.1) is 32.5 Å². The lowest BCUT2D eigenvalue weighted by molar-refractivity contribution is 0.180. The zero-order valence-electron chi connectivity index (χ0n) is 19.6. The minimum Gasteiger partial charge on any atom is -0.493 e. The lowest BCUT2D eigenvalue weighted by Crippen LogP contribution is -2.39. The molecule has 2 rings (SSSR count). The molecule has 178 valence electrons. The van der Waals surface area contributed by atoms with Gasteiger partial charge < -0.3 is 30.0 Å². The van der Waals surface area contributed by atoms with Crippen LogP contribution in [0.15, 0.2) is 47.5 Å². The summed E-state index contributed by atoms with van der Waals surface area (Å²) >= 11 is 0. The Bertz CT molecular complexity index is 828. The minimum atomic E-state index is -0.664. The lowest BCUT2D eigenvalue weighted by atomic mass is 10.1. The number of aliphatic hydroxyl groups is 1. The van der Waals surface area contributed by atoms with Crippen molar-refractivity contribution in [1.29, 1.82) is 0 Å². The summed E-state index contributed by atoms with van der Waals surface area (Å²) in [4.78, 5) is 4.61. The zero-order valence-corrected chi connectivity index (χ0v) is 21.9. The number of nitrogens with one attached hydrogen (secondary N) is 2. The minimum absolute atomic E-state index is 0. The van der Waals surface area contributed by atoms with Crippen molar-refractivity contribution < 1.29 is 19.3 Å². The van der Waals surface area contributed by atoms with Crippen LogP contribution < -0.4 is 24.8 Å². The molecule has 0 aliphatic carbocycles. The number of aliphatic imine (C=N–C) groups is 1. The van der Waals surface area contributed by atoms with E-state index in [1.54, 1.807) is 7.11 Å². The maximum atomic E-state index is 10.5. The van der Waals surface area contributed by atoms with Gasteiger partial charge in [-0.05, 0) is 63.1 Å². The topological polar surface area (TPSA) is 84.3 Å². The zero-order chi connectivity index (χ0) is 22.6. The van der Waals surface area contributed by atoms with Crippen LogP contribution in [0.1, 0.15) is 44.9 Å². The smallest absolute Gasteiger partial charge is 0.191 e. The lowest BCUT2D eigenvalue weighted by Gasteiger charge is -2.16. The highest BCUT2D eigenvalue weighted by atomic mass is 127. The molecule has 1 atom stereocenters. The number of rotatable bonds is 11. The Balaban J connectivity index is 0.00000512. The molecule has 8 heteroatoms. The third-order valence-corrected chi connectivity index (χ3v) is 4.39. The molecule has 0 aliphatic rings. The molecule has 0 aromatic heterocycles. The van der Waals surface area contributed by atoms with Crippen LogP contribution in [-0.4, -0.2) is 44.0 Å².